The number of ether oxygens (including phenoxy) is 1. The first-order chi connectivity index (χ1) is 17.4. The maximum absolute atomic E-state index is 13.5. The van der Waals surface area contributed by atoms with Gasteiger partial charge >= 0.3 is 0 Å². The van der Waals surface area contributed by atoms with E-state index < -0.39 is 0 Å². The van der Waals surface area contributed by atoms with E-state index in [1.165, 1.54) is 16.7 Å². The highest BCUT2D eigenvalue weighted by Gasteiger charge is 2.24. The Kier molecular flexibility index (Phi) is 8.81. The van der Waals surface area contributed by atoms with Crippen LogP contribution in [0, 0.1) is 13.8 Å². The lowest BCUT2D eigenvalue weighted by Crippen LogP contribution is -2.36. The summed E-state index contributed by atoms with van der Waals surface area (Å²) < 4.78 is 12.0. The second kappa shape index (κ2) is 12.2. The van der Waals surface area contributed by atoms with Gasteiger partial charge in [0.1, 0.15) is 12.4 Å². The van der Waals surface area contributed by atoms with E-state index in [9.17, 15) is 4.79 Å². The van der Waals surface area contributed by atoms with Crippen LogP contribution in [-0.2, 0) is 13.0 Å². The van der Waals surface area contributed by atoms with Gasteiger partial charge in [0, 0.05) is 25.1 Å². The van der Waals surface area contributed by atoms with Crippen molar-refractivity contribution in [3.05, 3.63) is 82.6 Å². The Bertz CT molecular complexity index is 1140. The Morgan fingerprint density at radius 1 is 1.06 bits per heavy atom. The molecule has 4 rings (SSSR count). The van der Waals surface area contributed by atoms with Crippen molar-refractivity contribution in [1.82, 2.24) is 14.8 Å². The minimum atomic E-state index is -0.101. The minimum absolute atomic E-state index is 0.101. The smallest absolute Gasteiger partial charge is 0.291 e. The lowest BCUT2D eigenvalue weighted by Gasteiger charge is -2.27. The fourth-order valence-electron chi connectivity index (χ4n) is 4.98. The van der Waals surface area contributed by atoms with Crippen LogP contribution >= 0.6 is 0 Å². The monoisotopic (exact) mass is 489 g/mol. The topological polar surface area (TPSA) is 58.8 Å². The maximum atomic E-state index is 13.5. The van der Waals surface area contributed by atoms with Gasteiger partial charge in [-0.25, -0.2) is 4.98 Å². The molecule has 1 unspecified atom stereocenters. The molecule has 6 nitrogen and oxygen atoms in total. The zero-order chi connectivity index (χ0) is 25.5. The zero-order valence-electron chi connectivity index (χ0n) is 22.1. The van der Waals surface area contributed by atoms with Crippen molar-refractivity contribution in [2.45, 2.75) is 58.9 Å². The van der Waals surface area contributed by atoms with Crippen molar-refractivity contribution in [2.75, 3.05) is 33.3 Å². The van der Waals surface area contributed by atoms with Gasteiger partial charge in [-0.1, -0.05) is 55.0 Å². The maximum Gasteiger partial charge on any atom is 0.291 e. The first-order valence-electron chi connectivity index (χ1n) is 13.2. The van der Waals surface area contributed by atoms with E-state index in [2.05, 4.69) is 72.4 Å². The molecular weight excluding hydrogens is 450 g/mol. The third-order valence-corrected chi connectivity index (χ3v) is 7.01. The molecule has 0 saturated heterocycles. The molecule has 2 heterocycles. The summed E-state index contributed by atoms with van der Waals surface area (Å²) >= 11 is 0. The van der Waals surface area contributed by atoms with Crippen molar-refractivity contribution < 1.29 is 13.9 Å². The summed E-state index contributed by atoms with van der Waals surface area (Å²) in [6.45, 7) is 9.35. The number of nitrogens with zero attached hydrogens (tertiary/aromatic N) is 3. The van der Waals surface area contributed by atoms with E-state index >= 15 is 0 Å². The van der Waals surface area contributed by atoms with Gasteiger partial charge in [0.25, 0.3) is 5.91 Å². The molecule has 192 valence electrons. The summed E-state index contributed by atoms with van der Waals surface area (Å²) in [5.41, 5.74) is 4.43. The van der Waals surface area contributed by atoms with Crippen LogP contribution in [0.25, 0.3) is 0 Å². The summed E-state index contributed by atoms with van der Waals surface area (Å²) in [5.74, 6) is 2.19. The third kappa shape index (κ3) is 6.55. The van der Waals surface area contributed by atoms with Gasteiger partial charge in [0.2, 0.25) is 5.76 Å². The van der Waals surface area contributed by atoms with Crippen LogP contribution in [0.1, 0.15) is 70.9 Å². The van der Waals surface area contributed by atoms with Crippen LogP contribution in [0.3, 0.4) is 0 Å². The fourth-order valence-corrected chi connectivity index (χ4v) is 4.98. The highest BCUT2D eigenvalue weighted by molar-refractivity contribution is 5.92. The van der Waals surface area contributed by atoms with E-state index in [0.29, 0.717) is 49.4 Å². The largest absolute Gasteiger partial charge is 0.491 e. The number of carbonyl (C=O) groups is 1. The van der Waals surface area contributed by atoms with Gasteiger partial charge in [-0.3, -0.25) is 4.79 Å². The molecule has 6 heteroatoms. The molecule has 1 amide bonds. The number of rotatable bonds is 3. The number of aromatic nitrogens is 1. The van der Waals surface area contributed by atoms with Crippen LogP contribution in [0.4, 0.5) is 0 Å². The van der Waals surface area contributed by atoms with E-state index in [4.69, 9.17) is 9.15 Å². The standard InChI is InChI=1S/C30H39N3O3/c1-5-28-31-23(3)29(36-28)30(34)33-16-9-12-25(24-10-7-6-8-11-24)15-17-32(4)21-26-20-22(2)13-14-27(26)35-19-18-33/h6-8,10-11,13-14,20,25H,5,9,12,15-19,21H2,1-4H3. The molecule has 2 aromatic carbocycles. The van der Waals surface area contributed by atoms with Crippen LogP contribution in [0.5, 0.6) is 5.75 Å². The SMILES string of the molecule is CCc1nc(C)c(C(=O)N2CCCC(c3ccccc3)CCN(C)Cc3cc(C)ccc3OCC2)o1. The first kappa shape index (κ1) is 26.0. The van der Waals surface area contributed by atoms with Gasteiger partial charge in [-0.15, -0.1) is 0 Å². The van der Waals surface area contributed by atoms with Gasteiger partial charge in [0.05, 0.1) is 12.2 Å². The van der Waals surface area contributed by atoms with Crippen molar-refractivity contribution >= 4 is 5.91 Å². The molecule has 0 bridgehead atoms. The molecule has 3 aromatic rings. The molecule has 1 aromatic heterocycles. The molecular formula is C30H39N3O3. The van der Waals surface area contributed by atoms with Crippen LogP contribution < -0.4 is 4.74 Å². The van der Waals surface area contributed by atoms with E-state index in [1.807, 2.05) is 18.7 Å². The lowest BCUT2D eigenvalue weighted by molar-refractivity contribution is 0.0690. The van der Waals surface area contributed by atoms with Gasteiger partial charge < -0.3 is 19.0 Å². The normalized spacial score (nSPS) is 18.2. The number of amides is 1. The highest BCUT2D eigenvalue weighted by atomic mass is 16.5. The Balaban J connectivity index is 1.59. The molecule has 0 fully saturated rings. The third-order valence-electron chi connectivity index (χ3n) is 7.01. The summed E-state index contributed by atoms with van der Waals surface area (Å²) in [5, 5.41) is 0. The number of carbonyl (C=O) groups excluding carboxylic acids is 1. The van der Waals surface area contributed by atoms with Crippen LogP contribution in [0.2, 0.25) is 0 Å². The highest BCUT2D eigenvalue weighted by Crippen LogP contribution is 2.27. The molecule has 0 spiro atoms. The number of aryl methyl sites for hydroxylation is 3. The predicted octanol–water partition coefficient (Wildman–Crippen LogP) is 5.77. The molecule has 36 heavy (non-hydrogen) atoms. The quantitative estimate of drug-likeness (QED) is 0.467. The molecule has 0 N–H and O–H groups in total. The molecule has 0 saturated carbocycles. The Hall–Kier alpha value is -3.12. The fraction of sp³-hybridized carbons (Fsp3) is 0.467. The molecule has 0 radical (unpaired) electrons. The van der Waals surface area contributed by atoms with Crippen molar-refractivity contribution in [3.63, 3.8) is 0 Å². The minimum Gasteiger partial charge on any atom is -0.491 e. The summed E-state index contributed by atoms with van der Waals surface area (Å²) in [6, 6.07) is 17.1. The molecule has 1 aliphatic heterocycles. The van der Waals surface area contributed by atoms with Crippen molar-refractivity contribution in [3.8, 4) is 5.75 Å². The predicted molar refractivity (Wildman–Crippen MR) is 143 cm³/mol. The average molecular weight is 490 g/mol. The Labute approximate surface area is 215 Å². The average Bonchev–Trinajstić information content (AvgIpc) is 3.26. The summed E-state index contributed by atoms with van der Waals surface area (Å²) in [4.78, 5) is 22.2. The van der Waals surface area contributed by atoms with Gasteiger partial charge in [-0.05, 0) is 64.3 Å². The summed E-state index contributed by atoms with van der Waals surface area (Å²) in [7, 11) is 2.19. The lowest BCUT2D eigenvalue weighted by atomic mass is 9.91. The number of benzene rings is 2. The van der Waals surface area contributed by atoms with Crippen molar-refractivity contribution in [2.24, 2.45) is 0 Å². The van der Waals surface area contributed by atoms with Gasteiger partial charge in [-0.2, -0.15) is 0 Å². The van der Waals surface area contributed by atoms with E-state index in [1.54, 1.807) is 0 Å². The second-order valence-electron chi connectivity index (χ2n) is 9.90. The van der Waals surface area contributed by atoms with Crippen LogP contribution in [0.15, 0.2) is 52.9 Å². The van der Waals surface area contributed by atoms with Gasteiger partial charge in [0.15, 0.2) is 5.89 Å². The van der Waals surface area contributed by atoms with E-state index in [-0.39, 0.29) is 5.91 Å². The molecule has 0 aliphatic carbocycles. The number of oxazole rings is 1. The first-order valence-corrected chi connectivity index (χ1v) is 13.2. The number of hydrogen-bond acceptors (Lipinski definition) is 5. The van der Waals surface area contributed by atoms with Crippen molar-refractivity contribution in [1.29, 1.82) is 0 Å². The second-order valence-corrected chi connectivity index (χ2v) is 9.90. The Morgan fingerprint density at radius 2 is 1.86 bits per heavy atom. The number of fused-ring (bicyclic) bond motifs is 1. The number of hydrogen-bond donors (Lipinski definition) is 0. The summed E-state index contributed by atoms with van der Waals surface area (Å²) in [6.07, 6.45) is 3.67. The Morgan fingerprint density at radius 3 is 2.61 bits per heavy atom. The zero-order valence-corrected chi connectivity index (χ0v) is 22.1. The molecule has 1 aliphatic rings. The van der Waals surface area contributed by atoms with E-state index in [0.717, 1.165) is 38.1 Å². The van der Waals surface area contributed by atoms with Crippen LogP contribution in [-0.4, -0.2) is 54.0 Å². The molecule has 1 atom stereocenters.